The molecule has 0 aliphatic rings. The number of amides is 1. The van der Waals surface area contributed by atoms with Crippen LogP contribution in [0.25, 0.3) is 0 Å². The van der Waals surface area contributed by atoms with Gasteiger partial charge in [0.2, 0.25) is 0 Å². The zero-order valence-electron chi connectivity index (χ0n) is 13.6. The maximum atomic E-state index is 12.6. The van der Waals surface area contributed by atoms with Crippen molar-refractivity contribution >= 4 is 11.9 Å². The molecule has 0 saturated heterocycles. The lowest BCUT2D eigenvalue weighted by atomic mass is 10.1. The third-order valence-electron chi connectivity index (χ3n) is 3.45. The molecule has 0 spiro atoms. The molecule has 5 heteroatoms. The largest absolute Gasteiger partial charge is 0.497 e. The fourth-order valence-electron chi connectivity index (χ4n) is 2.13. The van der Waals surface area contributed by atoms with E-state index >= 15 is 0 Å². The molecule has 0 aliphatic carbocycles. The number of ether oxygens (including phenoxy) is 2. The van der Waals surface area contributed by atoms with Crippen LogP contribution in [0.4, 0.5) is 0 Å². The van der Waals surface area contributed by atoms with Crippen molar-refractivity contribution in [2.75, 3.05) is 27.3 Å². The predicted molar refractivity (Wildman–Crippen MR) is 85.1 cm³/mol. The number of carbonyl (C=O) groups excluding carboxylic acids is 2. The molecule has 0 N–H and O–H groups in total. The Morgan fingerprint density at radius 1 is 1.14 bits per heavy atom. The Labute approximate surface area is 132 Å². The zero-order chi connectivity index (χ0) is 16.4. The number of hydrogen-bond donors (Lipinski definition) is 0. The summed E-state index contributed by atoms with van der Waals surface area (Å²) in [6, 6.07) is 7.06. The summed E-state index contributed by atoms with van der Waals surface area (Å²) < 4.78 is 9.81. The van der Waals surface area contributed by atoms with E-state index < -0.39 is 0 Å². The third kappa shape index (κ3) is 5.76. The summed E-state index contributed by atoms with van der Waals surface area (Å²) in [5, 5.41) is 0. The van der Waals surface area contributed by atoms with Crippen LogP contribution >= 0.6 is 0 Å². The lowest BCUT2D eigenvalue weighted by Crippen LogP contribution is -2.34. The van der Waals surface area contributed by atoms with Gasteiger partial charge in [-0.25, -0.2) is 0 Å². The van der Waals surface area contributed by atoms with Crippen LogP contribution in [0.1, 0.15) is 43.0 Å². The van der Waals surface area contributed by atoms with Gasteiger partial charge in [-0.3, -0.25) is 9.59 Å². The molecular formula is C17H25NO4. The van der Waals surface area contributed by atoms with Crippen LogP contribution in [0, 0.1) is 0 Å². The molecule has 0 bridgehead atoms. The Balaban J connectivity index is 2.77. The SMILES string of the molecule is CCCCCN(CCC(=O)OC)C(=O)c1cccc(OC)c1. The van der Waals surface area contributed by atoms with Crippen LogP contribution in [0.5, 0.6) is 5.75 Å². The number of benzene rings is 1. The van der Waals surface area contributed by atoms with Crippen molar-refractivity contribution in [2.45, 2.75) is 32.6 Å². The Bertz CT molecular complexity index is 487. The summed E-state index contributed by atoms with van der Waals surface area (Å²) in [5.41, 5.74) is 0.570. The van der Waals surface area contributed by atoms with Crippen molar-refractivity contribution < 1.29 is 19.1 Å². The minimum absolute atomic E-state index is 0.0843. The first-order valence-corrected chi connectivity index (χ1v) is 7.62. The second-order valence-electron chi connectivity index (χ2n) is 5.06. The number of unbranched alkanes of at least 4 members (excludes halogenated alkanes) is 2. The molecule has 1 rings (SSSR count). The van der Waals surface area contributed by atoms with Crippen LogP contribution in [-0.2, 0) is 9.53 Å². The average Bonchev–Trinajstić information content (AvgIpc) is 2.57. The van der Waals surface area contributed by atoms with E-state index in [0.29, 0.717) is 24.4 Å². The summed E-state index contributed by atoms with van der Waals surface area (Å²) in [6.45, 7) is 3.12. The van der Waals surface area contributed by atoms with Crippen LogP contribution in [0.3, 0.4) is 0 Å². The van der Waals surface area contributed by atoms with Crippen molar-refractivity contribution in [3.63, 3.8) is 0 Å². The molecule has 1 aromatic rings. The number of rotatable bonds is 9. The van der Waals surface area contributed by atoms with Gasteiger partial charge in [0.1, 0.15) is 5.75 Å². The van der Waals surface area contributed by atoms with Crippen LogP contribution in [0.2, 0.25) is 0 Å². The fourth-order valence-corrected chi connectivity index (χ4v) is 2.13. The normalized spacial score (nSPS) is 10.1. The van der Waals surface area contributed by atoms with E-state index in [-0.39, 0.29) is 18.3 Å². The summed E-state index contributed by atoms with van der Waals surface area (Å²) >= 11 is 0. The van der Waals surface area contributed by atoms with E-state index in [4.69, 9.17) is 4.74 Å². The smallest absolute Gasteiger partial charge is 0.307 e. The van der Waals surface area contributed by atoms with Crippen molar-refractivity contribution in [3.8, 4) is 5.75 Å². The highest BCUT2D eigenvalue weighted by molar-refractivity contribution is 5.94. The molecule has 0 aliphatic heterocycles. The zero-order valence-corrected chi connectivity index (χ0v) is 13.6. The highest BCUT2D eigenvalue weighted by atomic mass is 16.5. The molecule has 0 unspecified atom stereocenters. The van der Waals surface area contributed by atoms with Gasteiger partial charge in [-0.15, -0.1) is 0 Å². The van der Waals surface area contributed by atoms with Crippen molar-refractivity contribution in [3.05, 3.63) is 29.8 Å². The van der Waals surface area contributed by atoms with Gasteiger partial charge >= 0.3 is 5.97 Å². The molecule has 122 valence electrons. The highest BCUT2D eigenvalue weighted by Gasteiger charge is 2.17. The first kappa shape index (κ1) is 18.0. The predicted octanol–water partition coefficient (Wildman–Crippen LogP) is 2.89. The van der Waals surface area contributed by atoms with Crippen molar-refractivity contribution in [2.24, 2.45) is 0 Å². The minimum atomic E-state index is -0.307. The topological polar surface area (TPSA) is 55.8 Å². The molecule has 0 heterocycles. The van der Waals surface area contributed by atoms with E-state index in [1.54, 1.807) is 36.3 Å². The maximum absolute atomic E-state index is 12.6. The number of methoxy groups -OCH3 is 2. The van der Waals surface area contributed by atoms with Gasteiger partial charge in [0.05, 0.1) is 20.6 Å². The average molecular weight is 307 g/mol. The van der Waals surface area contributed by atoms with Gasteiger partial charge in [0.25, 0.3) is 5.91 Å². The van der Waals surface area contributed by atoms with E-state index in [2.05, 4.69) is 11.7 Å². The van der Waals surface area contributed by atoms with Crippen molar-refractivity contribution in [1.29, 1.82) is 0 Å². The summed E-state index contributed by atoms with van der Waals surface area (Å²) in [7, 11) is 2.92. The molecule has 0 saturated carbocycles. The standard InChI is InChI=1S/C17H25NO4/c1-4-5-6-11-18(12-10-16(19)22-3)17(20)14-8-7-9-15(13-14)21-2/h7-9,13H,4-6,10-12H2,1-3H3. The lowest BCUT2D eigenvalue weighted by molar-refractivity contribution is -0.140. The number of hydrogen-bond acceptors (Lipinski definition) is 4. The number of esters is 1. The molecule has 1 aromatic carbocycles. The lowest BCUT2D eigenvalue weighted by Gasteiger charge is -2.22. The van der Waals surface area contributed by atoms with E-state index in [0.717, 1.165) is 19.3 Å². The molecule has 0 radical (unpaired) electrons. The fraction of sp³-hybridized carbons (Fsp3) is 0.529. The second-order valence-corrected chi connectivity index (χ2v) is 5.06. The summed E-state index contributed by atoms with van der Waals surface area (Å²) in [5.74, 6) is 0.255. The Morgan fingerprint density at radius 3 is 2.55 bits per heavy atom. The highest BCUT2D eigenvalue weighted by Crippen LogP contribution is 2.15. The molecule has 5 nitrogen and oxygen atoms in total. The molecule has 22 heavy (non-hydrogen) atoms. The Kier molecular flexibility index (Phi) is 8.04. The molecule has 0 aromatic heterocycles. The summed E-state index contributed by atoms with van der Waals surface area (Å²) in [6.07, 6.45) is 3.27. The first-order valence-electron chi connectivity index (χ1n) is 7.62. The number of carbonyl (C=O) groups is 2. The van der Waals surface area contributed by atoms with E-state index in [1.165, 1.54) is 7.11 Å². The third-order valence-corrected chi connectivity index (χ3v) is 3.45. The molecule has 0 fully saturated rings. The van der Waals surface area contributed by atoms with Gasteiger partial charge in [0, 0.05) is 18.7 Å². The van der Waals surface area contributed by atoms with Gasteiger partial charge < -0.3 is 14.4 Å². The van der Waals surface area contributed by atoms with Crippen LogP contribution in [0.15, 0.2) is 24.3 Å². The van der Waals surface area contributed by atoms with Crippen LogP contribution < -0.4 is 4.74 Å². The Morgan fingerprint density at radius 2 is 1.91 bits per heavy atom. The molecule has 0 atom stereocenters. The van der Waals surface area contributed by atoms with Crippen LogP contribution in [-0.4, -0.2) is 44.1 Å². The minimum Gasteiger partial charge on any atom is -0.497 e. The monoisotopic (exact) mass is 307 g/mol. The Hall–Kier alpha value is -2.04. The van der Waals surface area contributed by atoms with Gasteiger partial charge in [-0.2, -0.15) is 0 Å². The molecular weight excluding hydrogens is 282 g/mol. The van der Waals surface area contributed by atoms with Gasteiger partial charge in [0.15, 0.2) is 0 Å². The molecule has 1 amide bonds. The summed E-state index contributed by atoms with van der Waals surface area (Å²) in [4.78, 5) is 25.7. The van der Waals surface area contributed by atoms with Gasteiger partial charge in [-0.05, 0) is 24.6 Å². The van der Waals surface area contributed by atoms with Gasteiger partial charge in [-0.1, -0.05) is 25.8 Å². The van der Waals surface area contributed by atoms with E-state index in [1.807, 2.05) is 0 Å². The van der Waals surface area contributed by atoms with Crippen molar-refractivity contribution in [1.82, 2.24) is 4.90 Å². The quantitative estimate of drug-likeness (QED) is 0.520. The second kappa shape index (κ2) is 9.82. The van der Waals surface area contributed by atoms with E-state index in [9.17, 15) is 9.59 Å². The number of nitrogens with zero attached hydrogens (tertiary/aromatic N) is 1. The first-order chi connectivity index (χ1) is 10.6. The maximum Gasteiger partial charge on any atom is 0.307 e.